The summed E-state index contributed by atoms with van der Waals surface area (Å²) in [4.78, 5) is 52.5. The fourth-order valence-electron chi connectivity index (χ4n) is 4.15. The molecule has 0 N–H and O–H groups in total. The molecule has 0 atom stereocenters. The van der Waals surface area contributed by atoms with Crippen molar-refractivity contribution in [2.45, 2.75) is 13.5 Å². The van der Waals surface area contributed by atoms with Crippen LogP contribution in [0.15, 0.2) is 48.0 Å². The first-order valence-electron chi connectivity index (χ1n) is 10.4. The molecule has 2 aliphatic rings. The van der Waals surface area contributed by atoms with Gasteiger partial charge in [0, 0.05) is 37.8 Å². The van der Waals surface area contributed by atoms with E-state index in [1.807, 2.05) is 19.1 Å². The summed E-state index contributed by atoms with van der Waals surface area (Å²) in [6.45, 7) is 4.23. The van der Waals surface area contributed by atoms with Crippen LogP contribution in [-0.2, 0) is 6.54 Å². The first-order chi connectivity index (χ1) is 15.5. The third-order valence-corrected chi connectivity index (χ3v) is 6.54. The molecule has 1 saturated heterocycles. The second kappa shape index (κ2) is 8.16. The predicted octanol–water partition coefficient (Wildman–Crippen LogP) is 2.61. The maximum absolute atomic E-state index is 13.2. The highest BCUT2D eigenvalue weighted by molar-refractivity contribution is 7.09. The zero-order chi connectivity index (χ0) is 22.2. The van der Waals surface area contributed by atoms with E-state index in [1.54, 1.807) is 40.7 Å². The molecule has 162 valence electrons. The molecule has 3 amide bonds. The lowest BCUT2D eigenvalue weighted by molar-refractivity contribution is 0.0638. The van der Waals surface area contributed by atoms with E-state index in [4.69, 9.17) is 0 Å². The molecule has 0 spiro atoms. The minimum absolute atomic E-state index is 0.0694. The molecule has 0 saturated carbocycles. The fourth-order valence-corrected chi connectivity index (χ4v) is 4.74. The normalized spacial score (nSPS) is 16.0. The van der Waals surface area contributed by atoms with Gasteiger partial charge in [0.05, 0.1) is 34.1 Å². The van der Waals surface area contributed by atoms with E-state index in [2.05, 4.69) is 14.9 Å². The molecule has 0 bridgehead atoms. The number of anilines is 1. The highest BCUT2D eigenvalue weighted by atomic mass is 32.1. The van der Waals surface area contributed by atoms with Crippen molar-refractivity contribution < 1.29 is 14.4 Å². The van der Waals surface area contributed by atoms with Gasteiger partial charge in [0.1, 0.15) is 5.69 Å². The van der Waals surface area contributed by atoms with Gasteiger partial charge in [-0.15, -0.1) is 11.3 Å². The molecule has 2 aromatic heterocycles. The maximum Gasteiger partial charge on any atom is 0.273 e. The van der Waals surface area contributed by atoms with Crippen molar-refractivity contribution in [2.24, 2.45) is 0 Å². The van der Waals surface area contributed by atoms with Crippen LogP contribution in [-0.4, -0.2) is 63.7 Å². The molecule has 2 aliphatic heterocycles. The van der Waals surface area contributed by atoms with Crippen molar-refractivity contribution in [3.05, 3.63) is 75.5 Å². The number of hydrogen-bond acceptors (Lipinski definition) is 7. The average molecular weight is 448 g/mol. The van der Waals surface area contributed by atoms with Crippen LogP contribution in [0.1, 0.15) is 41.9 Å². The number of carbonyl (C=O) groups is 3. The highest BCUT2D eigenvalue weighted by Crippen LogP contribution is 2.33. The van der Waals surface area contributed by atoms with Gasteiger partial charge in [0.15, 0.2) is 0 Å². The number of imide groups is 1. The lowest BCUT2D eigenvalue weighted by atomic mass is 10.1. The summed E-state index contributed by atoms with van der Waals surface area (Å²) in [6, 6.07) is 10.8. The largest absolute Gasteiger partial charge is 0.367 e. The van der Waals surface area contributed by atoms with E-state index in [0.29, 0.717) is 48.7 Å². The van der Waals surface area contributed by atoms with E-state index in [0.717, 1.165) is 10.7 Å². The van der Waals surface area contributed by atoms with E-state index >= 15 is 0 Å². The van der Waals surface area contributed by atoms with Crippen molar-refractivity contribution in [3.8, 4) is 0 Å². The van der Waals surface area contributed by atoms with Crippen LogP contribution < -0.4 is 4.90 Å². The van der Waals surface area contributed by atoms with Crippen LogP contribution in [0.4, 0.5) is 5.69 Å². The standard InChI is InChI=1S/C23H21N5O3S/c1-15-25-18(14-32-15)22(30)27-11-9-26(10-12-27)19-7-4-6-17-20(19)23(31)28(21(17)29)13-16-5-2-3-8-24-16/h2-8,14H,9-13H2,1H3. The molecule has 8 nitrogen and oxygen atoms in total. The molecule has 32 heavy (non-hydrogen) atoms. The van der Waals surface area contributed by atoms with Crippen molar-refractivity contribution in [3.63, 3.8) is 0 Å². The fraction of sp³-hybridized carbons (Fsp3) is 0.261. The van der Waals surface area contributed by atoms with Crippen molar-refractivity contribution in [2.75, 3.05) is 31.1 Å². The molecule has 9 heteroatoms. The van der Waals surface area contributed by atoms with Crippen LogP contribution in [0, 0.1) is 6.92 Å². The predicted molar refractivity (Wildman–Crippen MR) is 120 cm³/mol. The second-order valence-electron chi connectivity index (χ2n) is 7.75. The average Bonchev–Trinajstić information content (AvgIpc) is 3.36. The summed E-state index contributed by atoms with van der Waals surface area (Å²) in [6.07, 6.45) is 1.65. The monoisotopic (exact) mass is 447 g/mol. The number of hydrogen-bond donors (Lipinski definition) is 0. The first kappa shape index (κ1) is 20.3. The number of benzene rings is 1. The van der Waals surface area contributed by atoms with E-state index in [9.17, 15) is 14.4 Å². The number of aromatic nitrogens is 2. The topological polar surface area (TPSA) is 86.7 Å². The number of pyridine rings is 1. The van der Waals surface area contributed by atoms with Crippen LogP contribution in [0.3, 0.4) is 0 Å². The molecule has 3 aromatic rings. The second-order valence-corrected chi connectivity index (χ2v) is 8.81. The number of carbonyl (C=O) groups excluding carboxylic acids is 3. The lowest BCUT2D eigenvalue weighted by Gasteiger charge is -2.36. The molecule has 1 fully saturated rings. The number of aryl methyl sites for hydroxylation is 1. The Labute approximate surface area is 189 Å². The molecular formula is C23H21N5O3S. The summed E-state index contributed by atoms with van der Waals surface area (Å²) in [5.41, 5.74) is 2.73. The molecule has 0 radical (unpaired) electrons. The number of amides is 3. The Balaban J connectivity index is 1.34. The molecule has 0 unspecified atom stereocenters. The van der Waals surface area contributed by atoms with Gasteiger partial charge in [-0.2, -0.15) is 0 Å². The van der Waals surface area contributed by atoms with Crippen LogP contribution in [0.2, 0.25) is 0 Å². The van der Waals surface area contributed by atoms with Crippen molar-refractivity contribution in [1.82, 2.24) is 19.8 Å². The molecule has 0 aliphatic carbocycles. The Hall–Kier alpha value is -3.59. The van der Waals surface area contributed by atoms with Crippen LogP contribution in [0.25, 0.3) is 0 Å². The summed E-state index contributed by atoms with van der Waals surface area (Å²) >= 11 is 1.46. The van der Waals surface area contributed by atoms with Gasteiger partial charge >= 0.3 is 0 Å². The summed E-state index contributed by atoms with van der Waals surface area (Å²) < 4.78 is 0. The van der Waals surface area contributed by atoms with Crippen molar-refractivity contribution in [1.29, 1.82) is 0 Å². The van der Waals surface area contributed by atoms with Crippen molar-refractivity contribution >= 4 is 34.7 Å². The molecule has 5 rings (SSSR count). The van der Waals surface area contributed by atoms with E-state index < -0.39 is 0 Å². The quantitative estimate of drug-likeness (QED) is 0.572. The SMILES string of the molecule is Cc1nc(C(=O)N2CCN(c3cccc4c3C(=O)N(Cc3ccccn3)C4=O)CC2)cs1. The Morgan fingerprint density at radius 1 is 1.03 bits per heavy atom. The number of fused-ring (bicyclic) bond motifs is 1. The van der Waals surface area contributed by atoms with Gasteiger partial charge in [-0.05, 0) is 31.2 Å². The number of thiazole rings is 1. The third kappa shape index (κ3) is 3.54. The Morgan fingerprint density at radius 3 is 2.53 bits per heavy atom. The van der Waals surface area contributed by atoms with Gasteiger partial charge in [-0.25, -0.2) is 4.98 Å². The van der Waals surface area contributed by atoms with Gasteiger partial charge in [0.25, 0.3) is 17.7 Å². The summed E-state index contributed by atoms with van der Waals surface area (Å²) in [7, 11) is 0. The Kier molecular flexibility index (Phi) is 5.18. The first-order valence-corrected chi connectivity index (χ1v) is 11.3. The minimum atomic E-state index is -0.303. The Morgan fingerprint density at radius 2 is 1.84 bits per heavy atom. The number of nitrogens with zero attached hydrogens (tertiary/aromatic N) is 5. The lowest BCUT2D eigenvalue weighted by Crippen LogP contribution is -2.49. The van der Waals surface area contributed by atoms with Crippen LogP contribution in [0.5, 0.6) is 0 Å². The minimum Gasteiger partial charge on any atom is -0.367 e. The maximum atomic E-state index is 13.2. The number of piperazine rings is 1. The smallest absolute Gasteiger partial charge is 0.273 e. The van der Waals surface area contributed by atoms with Gasteiger partial charge < -0.3 is 9.80 Å². The van der Waals surface area contributed by atoms with Gasteiger partial charge in [0.2, 0.25) is 0 Å². The zero-order valence-electron chi connectivity index (χ0n) is 17.5. The van der Waals surface area contributed by atoms with Gasteiger partial charge in [-0.3, -0.25) is 24.3 Å². The molecule has 1 aromatic carbocycles. The zero-order valence-corrected chi connectivity index (χ0v) is 18.3. The molecular weight excluding hydrogens is 426 g/mol. The third-order valence-electron chi connectivity index (χ3n) is 5.77. The summed E-state index contributed by atoms with van der Waals surface area (Å²) in [5.74, 6) is -0.673. The van der Waals surface area contributed by atoms with Gasteiger partial charge in [-0.1, -0.05) is 12.1 Å². The number of rotatable bonds is 4. The van der Waals surface area contributed by atoms with E-state index in [-0.39, 0.29) is 24.3 Å². The highest BCUT2D eigenvalue weighted by Gasteiger charge is 2.39. The van der Waals surface area contributed by atoms with E-state index in [1.165, 1.54) is 16.2 Å². The van der Waals surface area contributed by atoms with Crippen LogP contribution >= 0.6 is 11.3 Å². The Bertz CT molecular complexity index is 1200. The molecule has 4 heterocycles. The summed E-state index contributed by atoms with van der Waals surface area (Å²) in [5, 5.41) is 2.65.